The van der Waals surface area contributed by atoms with Gasteiger partial charge in [0.2, 0.25) is 0 Å². The standard InChI is InChI=1S/C8H13IN2O/c1-11(2)5-6-3-4-7(10-6)8(9)12/h4,8,12H,3,5H2,1-2H3. The predicted molar refractivity (Wildman–Crippen MR) is 58.7 cm³/mol. The van der Waals surface area contributed by atoms with Gasteiger partial charge in [-0.05, 0) is 36.7 Å². The molecule has 0 amide bonds. The molecule has 0 fully saturated rings. The van der Waals surface area contributed by atoms with Gasteiger partial charge in [-0.15, -0.1) is 0 Å². The van der Waals surface area contributed by atoms with E-state index in [2.05, 4.69) is 9.89 Å². The number of hydrogen-bond donors (Lipinski definition) is 1. The van der Waals surface area contributed by atoms with Crippen molar-refractivity contribution in [2.75, 3.05) is 20.6 Å². The van der Waals surface area contributed by atoms with Gasteiger partial charge in [0.15, 0.2) is 0 Å². The molecule has 0 aromatic heterocycles. The molecule has 1 aliphatic heterocycles. The lowest BCUT2D eigenvalue weighted by atomic mass is 10.3. The monoisotopic (exact) mass is 280 g/mol. The summed E-state index contributed by atoms with van der Waals surface area (Å²) in [4.78, 5) is 6.38. The van der Waals surface area contributed by atoms with E-state index in [1.54, 1.807) is 0 Å². The van der Waals surface area contributed by atoms with Gasteiger partial charge in [-0.25, -0.2) is 0 Å². The number of aliphatic hydroxyl groups is 1. The van der Waals surface area contributed by atoms with Crippen molar-refractivity contribution in [3.8, 4) is 0 Å². The summed E-state index contributed by atoms with van der Waals surface area (Å²) in [6.07, 6.45) is 2.86. The lowest BCUT2D eigenvalue weighted by Crippen LogP contribution is -2.20. The summed E-state index contributed by atoms with van der Waals surface area (Å²) >= 11 is 1.95. The van der Waals surface area contributed by atoms with Crippen LogP contribution in [0.25, 0.3) is 0 Å². The quantitative estimate of drug-likeness (QED) is 0.619. The van der Waals surface area contributed by atoms with E-state index in [9.17, 15) is 5.11 Å². The second-order valence-electron chi connectivity index (χ2n) is 3.08. The molecular formula is C8H13IN2O. The maximum Gasteiger partial charge on any atom is 0.146 e. The second kappa shape index (κ2) is 4.34. The predicted octanol–water partition coefficient (Wildman–Crippen LogP) is 1.03. The van der Waals surface area contributed by atoms with E-state index in [0.717, 1.165) is 24.4 Å². The Labute approximate surface area is 86.3 Å². The van der Waals surface area contributed by atoms with Crippen molar-refractivity contribution in [2.24, 2.45) is 4.99 Å². The molecule has 3 nitrogen and oxygen atoms in total. The number of rotatable bonds is 3. The topological polar surface area (TPSA) is 35.8 Å². The molecule has 0 aliphatic carbocycles. The summed E-state index contributed by atoms with van der Waals surface area (Å²) in [6, 6.07) is 0. The van der Waals surface area contributed by atoms with Crippen LogP contribution in [0.5, 0.6) is 0 Å². The van der Waals surface area contributed by atoms with Gasteiger partial charge in [-0.2, -0.15) is 0 Å². The highest BCUT2D eigenvalue weighted by Gasteiger charge is 2.13. The molecule has 0 aromatic carbocycles. The van der Waals surface area contributed by atoms with Crippen LogP contribution in [0.3, 0.4) is 0 Å². The van der Waals surface area contributed by atoms with Crippen LogP contribution in [-0.2, 0) is 0 Å². The minimum absolute atomic E-state index is 0.456. The number of nitrogens with zero attached hydrogens (tertiary/aromatic N) is 2. The lowest BCUT2D eigenvalue weighted by molar-refractivity contribution is 0.312. The summed E-state index contributed by atoms with van der Waals surface area (Å²) in [7, 11) is 4.03. The summed E-state index contributed by atoms with van der Waals surface area (Å²) in [5.41, 5.74) is 1.93. The number of aliphatic imine (C=N–C) groups is 1. The fourth-order valence-corrected chi connectivity index (χ4v) is 1.51. The Bertz CT molecular complexity index is 221. The third-order valence-corrected chi connectivity index (χ3v) is 2.21. The average Bonchev–Trinajstić information content (AvgIpc) is 2.34. The van der Waals surface area contributed by atoms with Crippen LogP contribution < -0.4 is 0 Å². The van der Waals surface area contributed by atoms with Gasteiger partial charge in [0.05, 0.1) is 5.70 Å². The zero-order valence-electron chi connectivity index (χ0n) is 7.29. The Kier molecular flexibility index (Phi) is 3.67. The number of halogens is 1. The van der Waals surface area contributed by atoms with Crippen molar-refractivity contribution in [3.05, 3.63) is 11.8 Å². The Hall–Kier alpha value is 0.0600. The molecule has 0 bridgehead atoms. The zero-order valence-corrected chi connectivity index (χ0v) is 9.45. The minimum Gasteiger partial charge on any atom is -0.377 e. The third-order valence-electron chi connectivity index (χ3n) is 1.58. The molecule has 12 heavy (non-hydrogen) atoms. The van der Waals surface area contributed by atoms with Crippen LogP contribution in [-0.4, -0.2) is 40.5 Å². The third kappa shape index (κ3) is 2.84. The van der Waals surface area contributed by atoms with Gasteiger partial charge in [-0.1, -0.05) is 6.08 Å². The molecule has 0 radical (unpaired) electrons. The van der Waals surface area contributed by atoms with E-state index in [1.165, 1.54) is 0 Å². The van der Waals surface area contributed by atoms with E-state index in [1.807, 2.05) is 42.8 Å². The summed E-state index contributed by atoms with van der Waals surface area (Å²) in [5.74, 6) is 0. The Morgan fingerprint density at radius 2 is 2.42 bits per heavy atom. The molecule has 0 saturated heterocycles. The molecule has 1 rings (SSSR count). The van der Waals surface area contributed by atoms with E-state index < -0.39 is 4.11 Å². The fourth-order valence-electron chi connectivity index (χ4n) is 1.11. The van der Waals surface area contributed by atoms with Crippen LogP contribution in [0.2, 0.25) is 0 Å². The van der Waals surface area contributed by atoms with Crippen molar-refractivity contribution in [2.45, 2.75) is 10.5 Å². The van der Waals surface area contributed by atoms with Crippen LogP contribution in [0.1, 0.15) is 6.42 Å². The van der Waals surface area contributed by atoms with Crippen molar-refractivity contribution >= 4 is 28.3 Å². The maximum absolute atomic E-state index is 9.20. The van der Waals surface area contributed by atoms with Gasteiger partial charge in [0.1, 0.15) is 4.11 Å². The van der Waals surface area contributed by atoms with Crippen LogP contribution in [0.15, 0.2) is 16.8 Å². The van der Waals surface area contributed by atoms with Gasteiger partial charge < -0.3 is 10.0 Å². The molecule has 1 unspecified atom stereocenters. The molecular weight excluding hydrogens is 267 g/mol. The molecule has 4 heteroatoms. The van der Waals surface area contributed by atoms with E-state index in [4.69, 9.17) is 0 Å². The van der Waals surface area contributed by atoms with Crippen LogP contribution in [0, 0.1) is 0 Å². The van der Waals surface area contributed by atoms with E-state index in [-0.39, 0.29) is 0 Å². The van der Waals surface area contributed by atoms with Crippen molar-refractivity contribution in [1.82, 2.24) is 4.90 Å². The molecule has 1 N–H and O–H groups in total. The van der Waals surface area contributed by atoms with Gasteiger partial charge in [0.25, 0.3) is 0 Å². The molecule has 0 spiro atoms. The molecule has 1 atom stereocenters. The first-order chi connectivity index (χ1) is 5.59. The highest BCUT2D eigenvalue weighted by atomic mass is 127. The minimum atomic E-state index is -0.456. The Morgan fingerprint density at radius 1 is 1.75 bits per heavy atom. The summed E-state index contributed by atoms with van der Waals surface area (Å²) in [5, 5.41) is 9.20. The number of alkyl halides is 1. The molecule has 1 heterocycles. The van der Waals surface area contributed by atoms with E-state index in [0.29, 0.717) is 0 Å². The normalized spacial score (nSPS) is 19.4. The van der Waals surface area contributed by atoms with Gasteiger partial charge >= 0.3 is 0 Å². The number of allylic oxidation sites excluding steroid dienone is 1. The Balaban J connectivity index is 2.49. The zero-order chi connectivity index (χ0) is 9.14. The lowest BCUT2D eigenvalue weighted by Gasteiger charge is -2.08. The smallest absolute Gasteiger partial charge is 0.146 e. The first kappa shape index (κ1) is 10.1. The molecule has 68 valence electrons. The number of aliphatic hydroxyl groups excluding tert-OH is 1. The first-order valence-corrected chi connectivity index (χ1v) is 5.07. The maximum atomic E-state index is 9.20. The van der Waals surface area contributed by atoms with Gasteiger partial charge in [0, 0.05) is 18.7 Å². The average molecular weight is 280 g/mol. The molecule has 0 aromatic rings. The largest absolute Gasteiger partial charge is 0.377 e. The highest BCUT2D eigenvalue weighted by molar-refractivity contribution is 14.1. The second-order valence-corrected chi connectivity index (χ2v) is 4.26. The fraction of sp³-hybridized carbons (Fsp3) is 0.625. The van der Waals surface area contributed by atoms with Crippen LogP contribution >= 0.6 is 22.6 Å². The highest BCUT2D eigenvalue weighted by Crippen LogP contribution is 2.18. The van der Waals surface area contributed by atoms with E-state index >= 15 is 0 Å². The SMILES string of the molecule is CN(C)CC1=NC(C(O)I)=CC1. The first-order valence-electron chi connectivity index (χ1n) is 3.83. The summed E-state index contributed by atoms with van der Waals surface area (Å²) < 4.78 is -0.456. The van der Waals surface area contributed by atoms with Crippen molar-refractivity contribution < 1.29 is 5.11 Å². The molecule has 1 aliphatic rings. The summed E-state index contributed by atoms with van der Waals surface area (Å²) in [6.45, 7) is 0.878. The van der Waals surface area contributed by atoms with Crippen molar-refractivity contribution in [1.29, 1.82) is 0 Å². The Morgan fingerprint density at radius 3 is 2.83 bits per heavy atom. The molecule has 0 saturated carbocycles. The number of hydrogen-bond acceptors (Lipinski definition) is 3. The van der Waals surface area contributed by atoms with Gasteiger partial charge in [-0.3, -0.25) is 4.99 Å². The van der Waals surface area contributed by atoms with Crippen molar-refractivity contribution in [3.63, 3.8) is 0 Å². The van der Waals surface area contributed by atoms with Crippen LogP contribution in [0.4, 0.5) is 0 Å².